The Morgan fingerprint density at radius 2 is 2.07 bits per heavy atom. The van der Waals surface area contributed by atoms with Gasteiger partial charge in [-0.05, 0) is 18.9 Å². The van der Waals surface area contributed by atoms with Gasteiger partial charge in [0.25, 0.3) is 0 Å². The summed E-state index contributed by atoms with van der Waals surface area (Å²) >= 11 is 1.66. The van der Waals surface area contributed by atoms with Crippen molar-refractivity contribution in [2.75, 3.05) is 11.9 Å². The molecule has 1 aromatic carbocycles. The van der Waals surface area contributed by atoms with Crippen LogP contribution in [0.5, 0.6) is 0 Å². The van der Waals surface area contributed by atoms with E-state index in [9.17, 15) is 0 Å². The second-order valence-corrected chi connectivity index (χ2v) is 4.31. The summed E-state index contributed by atoms with van der Waals surface area (Å²) < 4.78 is 0. The fourth-order valence-corrected chi connectivity index (χ4v) is 2.11. The summed E-state index contributed by atoms with van der Waals surface area (Å²) in [6.07, 6.45) is 1.04. The fourth-order valence-electron chi connectivity index (χ4n) is 1.39. The fraction of sp³-hybridized carbons (Fsp3) is 0.250. The van der Waals surface area contributed by atoms with E-state index in [1.54, 1.807) is 11.3 Å². The number of anilines is 1. The Labute approximate surface area is 94.0 Å². The van der Waals surface area contributed by atoms with Crippen molar-refractivity contribution in [3.05, 3.63) is 47.0 Å². The van der Waals surface area contributed by atoms with Crippen LogP contribution in [0.25, 0.3) is 0 Å². The number of benzene rings is 1. The highest BCUT2D eigenvalue weighted by Gasteiger charge is 1.96. The third-order valence-electron chi connectivity index (χ3n) is 2.15. The first-order valence-electron chi connectivity index (χ1n) is 5.04. The molecule has 0 bridgehead atoms. The van der Waals surface area contributed by atoms with Gasteiger partial charge in [-0.25, -0.2) is 4.98 Å². The van der Waals surface area contributed by atoms with Crippen molar-refractivity contribution in [3.63, 3.8) is 0 Å². The van der Waals surface area contributed by atoms with Crippen LogP contribution in [-0.4, -0.2) is 11.5 Å². The minimum atomic E-state index is 0.941. The van der Waals surface area contributed by atoms with E-state index in [0.717, 1.165) is 23.8 Å². The Morgan fingerprint density at radius 1 is 1.27 bits per heavy atom. The number of aryl methyl sites for hydroxylation is 1. The Hall–Kier alpha value is -1.35. The first kappa shape index (κ1) is 10.2. The minimum absolute atomic E-state index is 0.941. The Bertz CT molecular complexity index is 409. The molecule has 0 unspecified atom stereocenters. The summed E-state index contributed by atoms with van der Waals surface area (Å²) in [6, 6.07) is 10.5. The highest BCUT2D eigenvalue weighted by molar-refractivity contribution is 7.13. The summed E-state index contributed by atoms with van der Waals surface area (Å²) in [4.78, 5) is 4.35. The summed E-state index contributed by atoms with van der Waals surface area (Å²) in [5, 5.41) is 6.40. The van der Waals surface area contributed by atoms with E-state index in [1.165, 1.54) is 5.56 Å². The number of hydrogen-bond acceptors (Lipinski definition) is 3. The molecule has 0 amide bonds. The second kappa shape index (κ2) is 4.94. The number of thiazole rings is 1. The van der Waals surface area contributed by atoms with Crippen molar-refractivity contribution in [2.24, 2.45) is 0 Å². The smallest absolute Gasteiger partial charge is 0.182 e. The van der Waals surface area contributed by atoms with E-state index in [2.05, 4.69) is 39.9 Å². The first-order valence-corrected chi connectivity index (χ1v) is 5.92. The zero-order valence-corrected chi connectivity index (χ0v) is 9.55. The molecule has 2 rings (SSSR count). The van der Waals surface area contributed by atoms with Gasteiger partial charge < -0.3 is 5.32 Å². The predicted molar refractivity (Wildman–Crippen MR) is 65.5 cm³/mol. The van der Waals surface area contributed by atoms with Crippen molar-refractivity contribution < 1.29 is 0 Å². The molecule has 0 spiro atoms. The van der Waals surface area contributed by atoms with Gasteiger partial charge in [-0.15, -0.1) is 11.3 Å². The van der Waals surface area contributed by atoms with Crippen LogP contribution in [0.4, 0.5) is 5.13 Å². The molecule has 0 aliphatic heterocycles. The molecule has 0 aliphatic rings. The van der Waals surface area contributed by atoms with E-state index in [-0.39, 0.29) is 0 Å². The normalized spacial score (nSPS) is 10.2. The summed E-state index contributed by atoms with van der Waals surface area (Å²) in [6.45, 7) is 2.95. The molecule has 1 aromatic heterocycles. The van der Waals surface area contributed by atoms with Crippen LogP contribution in [0.15, 0.2) is 35.7 Å². The van der Waals surface area contributed by atoms with Gasteiger partial charge in [0.15, 0.2) is 5.13 Å². The third-order valence-corrected chi connectivity index (χ3v) is 3.07. The van der Waals surface area contributed by atoms with E-state index in [4.69, 9.17) is 0 Å². The lowest BCUT2D eigenvalue weighted by atomic mass is 10.2. The SMILES string of the molecule is Cc1csc(NCCc2ccccc2)n1. The molecule has 1 heterocycles. The van der Waals surface area contributed by atoms with Crippen molar-refractivity contribution in [3.8, 4) is 0 Å². The van der Waals surface area contributed by atoms with Gasteiger partial charge in [0.1, 0.15) is 0 Å². The average molecular weight is 218 g/mol. The summed E-state index contributed by atoms with van der Waals surface area (Å²) in [5.41, 5.74) is 2.44. The maximum atomic E-state index is 4.35. The molecule has 0 aliphatic carbocycles. The molecule has 0 atom stereocenters. The Kier molecular flexibility index (Phi) is 3.35. The Balaban J connectivity index is 1.80. The molecule has 1 N–H and O–H groups in total. The standard InChI is InChI=1S/C12H14N2S/c1-10-9-15-12(14-10)13-8-7-11-5-3-2-4-6-11/h2-6,9H,7-8H2,1H3,(H,13,14). The lowest BCUT2D eigenvalue weighted by Gasteiger charge is -2.02. The molecule has 78 valence electrons. The van der Waals surface area contributed by atoms with Crippen LogP contribution in [0, 0.1) is 6.92 Å². The molecular formula is C12H14N2S. The van der Waals surface area contributed by atoms with Crippen LogP contribution >= 0.6 is 11.3 Å². The quantitative estimate of drug-likeness (QED) is 0.853. The summed E-state index contributed by atoms with van der Waals surface area (Å²) in [7, 11) is 0. The van der Waals surface area contributed by atoms with Crippen LogP contribution < -0.4 is 5.32 Å². The minimum Gasteiger partial charge on any atom is -0.361 e. The molecule has 15 heavy (non-hydrogen) atoms. The van der Waals surface area contributed by atoms with Gasteiger partial charge in [0, 0.05) is 11.9 Å². The monoisotopic (exact) mass is 218 g/mol. The van der Waals surface area contributed by atoms with Gasteiger partial charge in [0.05, 0.1) is 5.69 Å². The molecule has 2 aromatic rings. The molecular weight excluding hydrogens is 204 g/mol. The van der Waals surface area contributed by atoms with Gasteiger partial charge in [-0.2, -0.15) is 0 Å². The molecule has 0 fully saturated rings. The highest BCUT2D eigenvalue weighted by atomic mass is 32.1. The lowest BCUT2D eigenvalue weighted by Crippen LogP contribution is -2.04. The van der Waals surface area contributed by atoms with Crippen LogP contribution in [0.1, 0.15) is 11.3 Å². The number of rotatable bonds is 4. The zero-order valence-electron chi connectivity index (χ0n) is 8.73. The maximum Gasteiger partial charge on any atom is 0.182 e. The van der Waals surface area contributed by atoms with E-state index in [0.29, 0.717) is 0 Å². The maximum absolute atomic E-state index is 4.35. The lowest BCUT2D eigenvalue weighted by molar-refractivity contribution is 1.01. The van der Waals surface area contributed by atoms with E-state index >= 15 is 0 Å². The Morgan fingerprint density at radius 3 is 2.73 bits per heavy atom. The number of nitrogens with one attached hydrogen (secondary N) is 1. The van der Waals surface area contributed by atoms with Crippen LogP contribution in [0.3, 0.4) is 0 Å². The number of nitrogens with zero attached hydrogens (tertiary/aromatic N) is 1. The molecule has 0 radical (unpaired) electrons. The number of aromatic nitrogens is 1. The van der Waals surface area contributed by atoms with Crippen LogP contribution in [-0.2, 0) is 6.42 Å². The number of hydrogen-bond donors (Lipinski definition) is 1. The molecule has 2 nitrogen and oxygen atoms in total. The van der Waals surface area contributed by atoms with E-state index in [1.807, 2.05) is 13.0 Å². The molecule has 0 saturated carbocycles. The summed E-state index contributed by atoms with van der Waals surface area (Å²) in [5.74, 6) is 0. The van der Waals surface area contributed by atoms with Crippen molar-refractivity contribution >= 4 is 16.5 Å². The van der Waals surface area contributed by atoms with Gasteiger partial charge >= 0.3 is 0 Å². The van der Waals surface area contributed by atoms with Crippen molar-refractivity contribution in [1.29, 1.82) is 0 Å². The molecule has 0 saturated heterocycles. The van der Waals surface area contributed by atoms with Crippen LogP contribution in [0.2, 0.25) is 0 Å². The predicted octanol–water partition coefficient (Wildman–Crippen LogP) is 3.11. The average Bonchev–Trinajstić information content (AvgIpc) is 2.66. The van der Waals surface area contributed by atoms with E-state index < -0.39 is 0 Å². The van der Waals surface area contributed by atoms with Gasteiger partial charge in [-0.3, -0.25) is 0 Å². The van der Waals surface area contributed by atoms with Gasteiger partial charge in [0.2, 0.25) is 0 Å². The zero-order chi connectivity index (χ0) is 10.5. The second-order valence-electron chi connectivity index (χ2n) is 3.46. The third kappa shape index (κ3) is 3.06. The van der Waals surface area contributed by atoms with Gasteiger partial charge in [-0.1, -0.05) is 30.3 Å². The molecule has 3 heteroatoms. The van der Waals surface area contributed by atoms with Crippen molar-refractivity contribution in [2.45, 2.75) is 13.3 Å². The highest BCUT2D eigenvalue weighted by Crippen LogP contribution is 2.14. The largest absolute Gasteiger partial charge is 0.361 e. The first-order chi connectivity index (χ1) is 7.34. The topological polar surface area (TPSA) is 24.9 Å². The van der Waals surface area contributed by atoms with Crippen molar-refractivity contribution in [1.82, 2.24) is 4.98 Å².